The van der Waals surface area contributed by atoms with Crippen molar-refractivity contribution in [1.82, 2.24) is 0 Å². The average molecular weight is 351 g/mol. The Kier molecular flexibility index (Phi) is 5.10. The summed E-state index contributed by atoms with van der Waals surface area (Å²) in [6.07, 6.45) is 0.303. The summed E-state index contributed by atoms with van der Waals surface area (Å²) in [5.74, 6) is 0.0649. The number of nitrogens with zero attached hydrogens (tertiary/aromatic N) is 1. The van der Waals surface area contributed by atoms with E-state index < -0.39 is 0 Å². The third-order valence-electron chi connectivity index (χ3n) is 2.74. The van der Waals surface area contributed by atoms with Gasteiger partial charge in [-0.1, -0.05) is 41.9 Å². The predicted octanol–water partition coefficient (Wildman–Crippen LogP) is 5.47. The molecule has 0 bridgehead atoms. The summed E-state index contributed by atoms with van der Waals surface area (Å²) in [4.78, 5) is 16.5. The Hall–Kier alpha value is -1.45. The Bertz CT molecular complexity index is 653. The molecule has 2 rings (SSSR count). The van der Waals surface area contributed by atoms with Crippen LogP contribution in [0.4, 0.5) is 5.69 Å². The van der Waals surface area contributed by atoms with Crippen molar-refractivity contribution in [2.24, 2.45) is 4.99 Å². The largest absolute Gasteiger partial charge is 0.294 e. The Labute approximate surface area is 131 Å². The van der Waals surface area contributed by atoms with Gasteiger partial charge in [0.15, 0.2) is 5.78 Å². The minimum absolute atomic E-state index is 0.0649. The molecule has 20 heavy (non-hydrogen) atoms. The Morgan fingerprint density at radius 1 is 1.20 bits per heavy atom. The molecule has 0 aliphatic heterocycles. The SMILES string of the molecule is CC(CC(=O)c1ccccc1)=Nc1ccc(Br)c(Cl)c1. The maximum absolute atomic E-state index is 12.1. The van der Waals surface area contributed by atoms with E-state index in [2.05, 4.69) is 20.9 Å². The number of hydrogen-bond acceptors (Lipinski definition) is 2. The molecule has 102 valence electrons. The summed E-state index contributed by atoms with van der Waals surface area (Å²) < 4.78 is 0.830. The van der Waals surface area contributed by atoms with Gasteiger partial charge in [0.1, 0.15) is 0 Å². The molecule has 0 aliphatic carbocycles. The maximum Gasteiger partial charge on any atom is 0.168 e. The van der Waals surface area contributed by atoms with Crippen LogP contribution in [0.1, 0.15) is 23.7 Å². The quantitative estimate of drug-likeness (QED) is 0.531. The lowest BCUT2D eigenvalue weighted by Crippen LogP contribution is -2.04. The van der Waals surface area contributed by atoms with Gasteiger partial charge in [0.2, 0.25) is 0 Å². The molecule has 0 saturated heterocycles. The highest BCUT2D eigenvalue weighted by Crippen LogP contribution is 2.27. The molecule has 0 unspecified atom stereocenters. The van der Waals surface area contributed by atoms with Crippen LogP contribution < -0.4 is 0 Å². The number of hydrogen-bond donors (Lipinski definition) is 0. The van der Waals surface area contributed by atoms with Crippen LogP contribution in [-0.4, -0.2) is 11.5 Å². The maximum atomic E-state index is 12.1. The average Bonchev–Trinajstić information content (AvgIpc) is 2.44. The lowest BCUT2D eigenvalue weighted by atomic mass is 10.1. The second-order valence-corrected chi connectivity index (χ2v) is 5.67. The van der Waals surface area contributed by atoms with Crippen molar-refractivity contribution in [3.8, 4) is 0 Å². The second kappa shape index (κ2) is 6.82. The Morgan fingerprint density at radius 3 is 2.55 bits per heavy atom. The van der Waals surface area contributed by atoms with Gasteiger partial charge in [0.05, 0.1) is 10.7 Å². The van der Waals surface area contributed by atoms with Gasteiger partial charge in [-0.3, -0.25) is 9.79 Å². The van der Waals surface area contributed by atoms with E-state index in [0.717, 1.165) is 15.9 Å². The van der Waals surface area contributed by atoms with E-state index in [4.69, 9.17) is 11.6 Å². The molecule has 0 fully saturated rings. The summed E-state index contributed by atoms with van der Waals surface area (Å²) in [5, 5.41) is 0.605. The molecule has 0 saturated carbocycles. The monoisotopic (exact) mass is 349 g/mol. The highest BCUT2D eigenvalue weighted by molar-refractivity contribution is 9.10. The van der Waals surface area contributed by atoms with Crippen LogP contribution in [0.2, 0.25) is 5.02 Å². The van der Waals surface area contributed by atoms with Crippen LogP contribution in [0, 0.1) is 0 Å². The third kappa shape index (κ3) is 4.02. The first-order valence-corrected chi connectivity index (χ1v) is 7.31. The number of ketones is 1. The van der Waals surface area contributed by atoms with Gasteiger partial charge in [-0.15, -0.1) is 0 Å². The summed E-state index contributed by atoms with van der Waals surface area (Å²) >= 11 is 9.35. The van der Waals surface area contributed by atoms with Gasteiger partial charge in [0, 0.05) is 22.2 Å². The van der Waals surface area contributed by atoms with Crippen LogP contribution in [0.3, 0.4) is 0 Å². The molecule has 0 atom stereocenters. The van der Waals surface area contributed by atoms with Crippen LogP contribution >= 0.6 is 27.5 Å². The van der Waals surface area contributed by atoms with Crippen LogP contribution in [0.5, 0.6) is 0 Å². The van der Waals surface area contributed by atoms with Crippen molar-refractivity contribution in [1.29, 1.82) is 0 Å². The molecule has 0 radical (unpaired) electrons. The van der Waals surface area contributed by atoms with Crippen molar-refractivity contribution in [3.05, 3.63) is 63.6 Å². The fourth-order valence-electron chi connectivity index (χ4n) is 1.77. The van der Waals surface area contributed by atoms with Crippen LogP contribution in [0.15, 0.2) is 58.0 Å². The molecule has 0 spiro atoms. The summed E-state index contributed by atoms with van der Waals surface area (Å²) in [7, 11) is 0. The molecule has 2 nitrogen and oxygen atoms in total. The number of carbonyl (C=O) groups is 1. The van der Waals surface area contributed by atoms with E-state index in [9.17, 15) is 4.79 Å². The Morgan fingerprint density at radius 2 is 1.90 bits per heavy atom. The first kappa shape index (κ1) is 14.9. The molecule has 0 amide bonds. The molecular weight excluding hydrogens is 338 g/mol. The highest BCUT2D eigenvalue weighted by Gasteiger charge is 2.07. The standard InChI is InChI=1S/C16H13BrClNO/c1-11(9-16(20)12-5-3-2-4-6-12)19-13-7-8-14(17)15(18)10-13/h2-8,10H,9H2,1H3. The molecule has 2 aromatic rings. The summed E-state index contributed by atoms with van der Waals surface area (Å²) in [6.45, 7) is 1.84. The predicted molar refractivity (Wildman–Crippen MR) is 87.3 cm³/mol. The first-order chi connectivity index (χ1) is 9.56. The van der Waals surface area contributed by atoms with Crippen LogP contribution in [0.25, 0.3) is 0 Å². The van der Waals surface area contributed by atoms with Crippen molar-refractivity contribution in [2.45, 2.75) is 13.3 Å². The van der Waals surface area contributed by atoms with Gasteiger partial charge in [-0.25, -0.2) is 0 Å². The van der Waals surface area contributed by atoms with Crippen LogP contribution in [-0.2, 0) is 0 Å². The topological polar surface area (TPSA) is 29.4 Å². The minimum atomic E-state index is 0.0649. The van der Waals surface area contributed by atoms with E-state index in [0.29, 0.717) is 17.0 Å². The van der Waals surface area contributed by atoms with Crippen molar-refractivity contribution < 1.29 is 4.79 Å². The zero-order valence-electron chi connectivity index (χ0n) is 10.9. The molecular formula is C16H13BrClNO. The molecule has 0 heterocycles. The van der Waals surface area contributed by atoms with Crippen molar-refractivity contribution in [3.63, 3.8) is 0 Å². The van der Waals surface area contributed by atoms with E-state index in [1.165, 1.54) is 0 Å². The Balaban J connectivity index is 2.11. The molecule has 0 N–H and O–H groups in total. The zero-order chi connectivity index (χ0) is 14.5. The lowest BCUT2D eigenvalue weighted by Gasteiger charge is -2.02. The summed E-state index contributed by atoms with van der Waals surface area (Å²) in [5.41, 5.74) is 2.21. The number of rotatable bonds is 4. The molecule has 0 aliphatic rings. The number of halogens is 2. The summed E-state index contributed by atoms with van der Waals surface area (Å²) in [6, 6.07) is 14.7. The van der Waals surface area contributed by atoms with Gasteiger partial charge < -0.3 is 0 Å². The smallest absolute Gasteiger partial charge is 0.168 e. The molecule has 4 heteroatoms. The normalized spacial score (nSPS) is 11.4. The number of carbonyl (C=O) groups excluding carboxylic acids is 1. The molecule has 2 aromatic carbocycles. The number of aliphatic imine (C=N–C) groups is 1. The van der Waals surface area contributed by atoms with Crippen molar-refractivity contribution in [2.75, 3.05) is 0 Å². The highest BCUT2D eigenvalue weighted by atomic mass is 79.9. The fraction of sp³-hybridized carbons (Fsp3) is 0.125. The molecule has 0 aromatic heterocycles. The van der Waals surface area contributed by atoms with E-state index in [1.54, 1.807) is 6.07 Å². The second-order valence-electron chi connectivity index (χ2n) is 4.41. The van der Waals surface area contributed by atoms with Gasteiger partial charge >= 0.3 is 0 Å². The van der Waals surface area contributed by atoms with Gasteiger partial charge in [-0.05, 0) is 41.1 Å². The van der Waals surface area contributed by atoms with Gasteiger partial charge in [-0.2, -0.15) is 0 Å². The first-order valence-electron chi connectivity index (χ1n) is 6.14. The van der Waals surface area contributed by atoms with Crippen molar-refractivity contribution >= 4 is 44.7 Å². The van der Waals surface area contributed by atoms with E-state index in [-0.39, 0.29) is 5.78 Å². The van der Waals surface area contributed by atoms with E-state index in [1.807, 2.05) is 49.4 Å². The number of Topliss-reactive ketones (excluding diaryl/α,β-unsaturated/α-hetero) is 1. The number of benzene rings is 2. The zero-order valence-corrected chi connectivity index (χ0v) is 13.3. The minimum Gasteiger partial charge on any atom is -0.294 e. The van der Waals surface area contributed by atoms with Gasteiger partial charge in [0.25, 0.3) is 0 Å². The third-order valence-corrected chi connectivity index (χ3v) is 3.97. The fourth-order valence-corrected chi connectivity index (χ4v) is 2.19. The van der Waals surface area contributed by atoms with E-state index >= 15 is 0 Å². The lowest BCUT2D eigenvalue weighted by molar-refractivity contribution is 0.100.